The van der Waals surface area contributed by atoms with Gasteiger partial charge in [-0.1, -0.05) is 51.0 Å². The first-order valence-corrected chi connectivity index (χ1v) is 10.7. The third kappa shape index (κ3) is 2.72. The lowest BCUT2D eigenvalue weighted by molar-refractivity contribution is -0.148. The lowest BCUT2D eigenvalue weighted by atomic mass is 9.54. The lowest BCUT2D eigenvalue weighted by Crippen LogP contribution is -2.40. The van der Waals surface area contributed by atoms with Crippen LogP contribution in [-0.4, -0.2) is 12.6 Å². The molecule has 0 saturated heterocycles. The molecule has 3 atom stereocenters. The fourth-order valence-corrected chi connectivity index (χ4v) is 5.92. The molecule has 4 rings (SSSR count). The molecule has 0 aliphatic heterocycles. The molecule has 0 aromatic carbocycles. The number of esters is 1. The molecule has 2 nitrogen and oxygen atoms in total. The molecule has 0 aromatic rings. The highest BCUT2D eigenvalue weighted by atomic mass is 16.5. The predicted molar refractivity (Wildman–Crippen MR) is 106 cm³/mol. The van der Waals surface area contributed by atoms with Crippen molar-refractivity contribution in [2.45, 2.75) is 79.1 Å². The van der Waals surface area contributed by atoms with Gasteiger partial charge in [-0.25, -0.2) is 0 Å². The first-order valence-electron chi connectivity index (χ1n) is 10.7. The van der Waals surface area contributed by atoms with Crippen LogP contribution in [0.2, 0.25) is 0 Å². The topological polar surface area (TPSA) is 26.3 Å². The van der Waals surface area contributed by atoms with Gasteiger partial charge in [0.1, 0.15) is 0 Å². The molecule has 4 aliphatic carbocycles. The Bertz CT molecular complexity index is 708. The molecule has 0 radical (unpaired) electrons. The van der Waals surface area contributed by atoms with Crippen LogP contribution in [0, 0.1) is 22.7 Å². The molecule has 0 aromatic heterocycles. The Morgan fingerprint density at radius 3 is 2.77 bits per heavy atom. The SMILES string of the molecule is CC(C)COC(=O)[C@@H]1CC2=CCCC[C@]2(C)C2=C1C1=CCC[C@@]1(C)CC2. The summed E-state index contributed by atoms with van der Waals surface area (Å²) in [5, 5.41) is 0. The quantitative estimate of drug-likeness (QED) is 0.449. The van der Waals surface area contributed by atoms with Gasteiger partial charge in [0.25, 0.3) is 0 Å². The second-order valence-electron chi connectivity index (χ2n) is 9.84. The minimum Gasteiger partial charge on any atom is -0.465 e. The van der Waals surface area contributed by atoms with Crippen molar-refractivity contribution in [3.8, 4) is 0 Å². The van der Waals surface area contributed by atoms with Gasteiger partial charge in [-0.2, -0.15) is 0 Å². The third-order valence-electron chi connectivity index (χ3n) is 7.50. The van der Waals surface area contributed by atoms with Gasteiger partial charge in [-0.15, -0.1) is 0 Å². The van der Waals surface area contributed by atoms with E-state index in [1.807, 2.05) is 0 Å². The smallest absolute Gasteiger partial charge is 0.313 e. The normalized spacial score (nSPS) is 36.1. The van der Waals surface area contributed by atoms with Crippen molar-refractivity contribution in [3.63, 3.8) is 0 Å². The number of hydrogen-bond donors (Lipinski definition) is 0. The van der Waals surface area contributed by atoms with E-state index in [4.69, 9.17) is 4.74 Å². The maximum atomic E-state index is 13.1. The van der Waals surface area contributed by atoms with Crippen LogP contribution in [0.5, 0.6) is 0 Å². The van der Waals surface area contributed by atoms with Gasteiger partial charge in [0, 0.05) is 5.41 Å². The number of ether oxygens (including phenoxy) is 1. The predicted octanol–water partition coefficient (Wildman–Crippen LogP) is 6.14. The van der Waals surface area contributed by atoms with E-state index in [0.717, 1.165) is 19.3 Å². The first-order chi connectivity index (χ1) is 12.3. The monoisotopic (exact) mass is 354 g/mol. The van der Waals surface area contributed by atoms with Crippen LogP contribution in [0.3, 0.4) is 0 Å². The molecule has 0 spiro atoms. The zero-order valence-corrected chi connectivity index (χ0v) is 17.0. The zero-order chi connectivity index (χ0) is 18.5. The maximum absolute atomic E-state index is 13.1. The molecule has 0 N–H and O–H groups in total. The summed E-state index contributed by atoms with van der Waals surface area (Å²) in [6, 6.07) is 0. The summed E-state index contributed by atoms with van der Waals surface area (Å²) in [6.07, 6.45) is 14.2. The van der Waals surface area contributed by atoms with Crippen LogP contribution >= 0.6 is 0 Å². The van der Waals surface area contributed by atoms with Crippen molar-refractivity contribution in [2.24, 2.45) is 22.7 Å². The van der Waals surface area contributed by atoms with E-state index >= 15 is 0 Å². The fraction of sp³-hybridized carbons (Fsp3) is 0.708. The summed E-state index contributed by atoms with van der Waals surface area (Å²) >= 11 is 0. The molecule has 2 heteroatoms. The number of rotatable bonds is 3. The maximum Gasteiger partial charge on any atom is 0.313 e. The Kier molecular flexibility index (Phi) is 4.44. The van der Waals surface area contributed by atoms with E-state index in [2.05, 4.69) is 39.8 Å². The number of allylic oxidation sites excluding steroid dienone is 5. The van der Waals surface area contributed by atoms with E-state index in [9.17, 15) is 4.79 Å². The summed E-state index contributed by atoms with van der Waals surface area (Å²) in [7, 11) is 0. The van der Waals surface area contributed by atoms with Crippen molar-refractivity contribution in [1.82, 2.24) is 0 Å². The van der Waals surface area contributed by atoms with Gasteiger partial charge >= 0.3 is 5.97 Å². The Morgan fingerprint density at radius 2 is 2.00 bits per heavy atom. The summed E-state index contributed by atoms with van der Waals surface area (Å²) in [4.78, 5) is 13.1. The standard InChI is InChI=1S/C24H34O2/c1-16(2)15-26-22(25)18-14-17-8-5-6-12-24(17,4)20-10-13-23(3)11-7-9-19(23)21(18)20/h8-9,16,18H,5-7,10-15H2,1-4H3/t18-,23+,24+/m1/s1. The molecule has 0 bridgehead atoms. The number of carbonyl (C=O) groups is 1. The van der Waals surface area contributed by atoms with Crippen molar-refractivity contribution in [2.75, 3.05) is 6.61 Å². The first kappa shape index (κ1) is 18.1. The van der Waals surface area contributed by atoms with Gasteiger partial charge < -0.3 is 4.74 Å². The Hall–Kier alpha value is -1.31. The lowest BCUT2D eigenvalue weighted by Gasteiger charge is -2.50. The van der Waals surface area contributed by atoms with Gasteiger partial charge in [-0.3, -0.25) is 4.79 Å². The molecule has 0 fully saturated rings. The number of carbonyl (C=O) groups excluding carboxylic acids is 1. The van der Waals surface area contributed by atoms with Crippen molar-refractivity contribution < 1.29 is 9.53 Å². The number of hydrogen-bond acceptors (Lipinski definition) is 2. The summed E-state index contributed by atoms with van der Waals surface area (Å²) in [5.74, 6) is 0.319. The molecule has 142 valence electrons. The van der Waals surface area contributed by atoms with Crippen LogP contribution in [0.25, 0.3) is 0 Å². The van der Waals surface area contributed by atoms with Gasteiger partial charge in [-0.05, 0) is 73.8 Å². The van der Waals surface area contributed by atoms with E-state index < -0.39 is 0 Å². The molecule has 0 heterocycles. The second-order valence-corrected chi connectivity index (χ2v) is 9.84. The van der Waals surface area contributed by atoms with Crippen molar-refractivity contribution in [3.05, 3.63) is 34.4 Å². The van der Waals surface area contributed by atoms with E-state index in [-0.39, 0.29) is 22.7 Å². The van der Waals surface area contributed by atoms with Crippen LogP contribution in [0.1, 0.15) is 79.1 Å². The molecule has 0 unspecified atom stereocenters. The van der Waals surface area contributed by atoms with Gasteiger partial charge in [0.05, 0.1) is 12.5 Å². The molecule has 0 saturated carbocycles. The minimum atomic E-state index is -0.0786. The molecule has 4 aliphatic rings. The third-order valence-corrected chi connectivity index (χ3v) is 7.50. The Balaban J connectivity index is 1.79. The molecule has 26 heavy (non-hydrogen) atoms. The van der Waals surface area contributed by atoms with E-state index in [1.165, 1.54) is 48.8 Å². The largest absolute Gasteiger partial charge is 0.465 e. The summed E-state index contributed by atoms with van der Waals surface area (Å²) in [5.41, 5.74) is 6.44. The van der Waals surface area contributed by atoms with Gasteiger partial charge in [0.2, 0.25) is 0 Å². The van der Waals surface area contributed by atoms with Crippen LogP contribution in [0.15, 0.2) is 34.4 Å². The molecular formula is C24H34O2. The Labute approximate surface area is 158 Å². The second kappa shape index (κ2) is 6.39. The van der Waals surface area contributed by atoms with Crippen LogP contribution in [0.4, 0.5) is 0 Å². The Morgan fingerprint density at radius 1 is 1.19 bits per heavy atom. The average molecular weight is 355 g/mol. The highest BCUT2D eigenvalue weighted by Crippen LogP contribution is 2.62. The van der Waals surface area contributed by atoms with E-state index in [0.29, 0.717) is 12.5 Å². The minimum absolute atomic E-state index is 0.0109. The zero-order valence-electron chi connectivity index (χ0n) is 17.0. The highest BCUT2D eigenvalue weighted by molar-refractivity contribution is 5.80. The average Bonchev–Trinajstić information content (AvgIpc) is 3.00. The fourth-order valence-electron chi connectivity index (χ4n) is 5.92. The van der Waals surface area contributed by atoms with Gasteiger partial charge in [0.15, 0.2) is 0 Å². The van der Waals surface area contributed by atoms with Crippen LogP contribution in [-0.2, 0) is 9.53 Å². The van der Waals surface area contributed by atoms with Crippen LogP contribution < -0.4 is 0 Å². The van der Waals surface area contributed by atoms with Crippen molar-refractivity contribution in [1.29, 1.82) is 0 Å². The van der Waals surface area contributed by atoms with Crippen molar-refractivity contribution >= 4 is 5.97 Å². The van der Waals surface area contributed by atoms with E-state index in [1.54, 1.807) is 5.57 Å². The number of fused-ring (bicyclic) bond motifs is 4. The summed E-state index contributed by atoms with van der Waals surface area (Å²) < 4.78 is 5.76. The molecular weight excluding hydrogens is 320 g/mol. The summed E-state index contributed by atoms with van der Waals surface area (Å²) in [6.45, 7) is 9.61. The molecule has 0 amide bonds. The highest BCUT2D eigenvalue weighted by Gasteiger charge is 2.51.